The average molecular weight is 218 g/mol. The number of nitrogens with one attached hydrogen (secondary N) is 2. The molecule has 0 aliphatic carbocycles. The molecule has 0 rings (SSSR count). The van der Waals surface area contributed by atoms with Gasteiger partial charge in [0, 0.05) is 13.0 Å². The Balaban J connectivity index is 0. The summed E-state index contributed by atoms with van der Waals surface area (Å²) in [5.74, 6) is 4.34. The molecule has 0 aliphatic heterocycles. The van der Waals surface area contributed by atoms with Crippen molar-refractivity contribution in [2.75, 3.05) is 12.8 Å². The number of rotatable bonds is 4. The quantitative estimate of drug-likeness (QED) is 0.298. The third-order valence-corrected chi connectivity index (χ3v) is 1.61. The van der Waals surface area contributed by atoms with E-state index in [-0.39, 0.29) is 25.4 Å². The Morgan fingerprint density at radius 1 is 1.50 bits per heavy atom. The number of hydrogen-bond donors (Lipinski definition) is 3. The summed E-state index contributed by atoms with van der Waals surface area (Å²) in [5.41, 5.74) is 1.88. The molecule has 0 saturated carbocycles. The first-order valence-electron chi connectivity index (χ1n) is 2.90. The SMILES string of the molecule is CS(=O)(=O)NCCC(=O)NN.Cl. The van der Waals surface area contributed by atoms with Crippen molar-refractivity contribution in [3.63, 3.8) is 0 Å². The molecule has 0 radical (unpaired) electrons. The van der Waals surface area contributed by atoms with Gasteiger partial charge in [0.1, 0.15) is 0 Å². The van der Waals surface area contributed by atoms with Crippen molar-refractivity contribution >= 4 is 28.3 Å². The van der Waals surface area contributed by atoms with Crippen molar-refractivity contribution in [3.8, 4) is 0 Å². The van der Waals surface area contributed by atoms with Crippen LogP contribution >= 0.6 is 12.4 Å². The molecule has 12 heavy (non-hydrogen) atoms. The molecular formula is C4H12ClN3O3S. The molecule has 0 saturated heterocycles. The predicted molar refractivity (Wildman–Crippen MR) is 47.0 cm³/mol. The number of carbonyl (C=O) groups is 1. The van der Waals surface area contributed by atoms with Crippen LogP contribution < -0.4 is 16.0 Å². The lowest BCUT2D eigenvalue weighted by Crippen LogP contribution is -2.33. The van der Waals surface area contributed by atoms with Gasteiger partial charge in [-0.25, -0.2) is 19.0 Å². The van der Waals surface area contributed by atoms with E-state index in [4.69, 9.17) is 5.84 Å². The topological polar surface area (TPSA) is 101 Å². The third kappa shape index (κ3) is 9.63. The van der Waals surface area contributed by atoms with E-state index in [1.807, 2.05) is 5.43 Å². The minimum Gasteiger partial charge on any atom is -0.294 e. The van der Waals surface area contributed by atoms with E-state index in [2.05, 4.69) is 4.72 Å². The highest BCUT2D eigenvalue weighted by Crippen LogP contribution is 1.78. The van der Waals surface area contributed by atoms with Crippen LogP contribution in [-0.4, -0.2) is 27.1 Å². The first-order valence-corrected chi connectivity index (χ1v) is 4.79. The fraction of sp³-hybridized carbons (Fsp3) is 0.750. The first kappa shape index (κ1) is 14.2. The van der Waals surface area contributed by atoms with E-state index >= 15 is 0 Å². The molecule has 0 aliphatic rings. The Kier molecular flexibility index (Phi) is 7.30. The smallest absolute Gasteiger partial charge is 0.235 e. The lowest BCUT2D eigenvalue weighted by atomic mass is 10.4. The standard InChI is InChI=1S/C4H11N3O3S.ClH/c1-11(9,10)6-3-2-4(8)7-5;/h6H,2-3,5H2,1H3,(H,7,8);1H. The van der Waals surface area contributed by atoms with Gasteiger partial charge in [0.25, 0.3) is 0 Å². The molecular weight excluding hydrogens is 206 g/mol. The van der Waals surface area contributed by atoms with Gasteiger partial charge in [0.2, 0.25) is 15.9 Å². The van der Waals surface area contributed by atoms with Gasteiger partial charge < -0.3 is 0 Å². The second-order valence-electron chi connectivity index (χ2n) is 1.98. The molecule has 1 amide bonds. The number of hydrogen-bond acceptors (Lipinski definition) is 4. The minimum atomic E-state index is -3.20. The van der Waals surface area contributed by atoms with Gasteiger partial charge in [-0.1, -0.05) is 0 Å². The molecule has 0 aromatic carbocycles. The van der Waals surface area contributed by atoms with Crippen LogP contribution in [0.15, 0.2) is 0 Å². The second kappa shape index (κ2) is 6.18. The molecule has 0 heterocycles. The molecule has 0 unspecified atom stereocenters. The molecule has 0 fully saturated rings. The Morgan fingerprint density at radius 3 is 2.33 bits per heavy atom. The van der Waals surface area contributed by atoms with Crippen molar-refractivity contribution in [1.29, 1.82) is 0 Å². The van der Waals surface area contributed by atoms with Crippen LogP contribution in [0, 0.1) is 0 Å². The largest absolute Gasteiger partial charge is 0.294 e. The number of halogens is 1. The first-order chi connectivity index (χ1) is 4.95. The molecule has 8 heteroatoms. The van der Waals surface area contributed by atoms with E-state index in [0.29, 0.717) is 0 Å². The van der Waals surface area contributed by atoms with Gasteiger partial charge in [-0.05, 0) is 0 Å². The highest BCUT2D eigenvalue weighted by atomic mass is 35.5. The van der Waals surface area contributed by atoms with Gasteiger partial charge in [-0.2, -0.15) is 0 Å². The fourth-order valence-corrected chi connectivity index (χ4v) is 0.895. The van der Waals surface area contributed by atoms with Crippen LogP contribution in [0.5, 0.6) is 0 Å². The summed E-state index contributed by atoms with van der Waals surface area (Å²) in [4.78, 5) is 10.4. The predicted octanol–water partition coefficient (Wildman–Crippen LogP) is -1.66. The summed E-state index contributed by atoms with van der Waals surface area (Å²) in [6, 6.07) is 0. The highest BCUT2D eigenvalue weighted by Gasteiger charge is 2.01. The lowest BCUT2D eigenvalue weighted by Gasteiger charge is -1.99. The zero-order chi connectivity index (χ0) is 8.91. The van der Waals surface area contributed by atoms with E-state index in [1.165, 1.54) is 0 Å². The number of hydrazine groups is 1. The van der Waals surface area contributed by atoms with Crippen molar-refractivity contribution in [3.05, 3.63) is 0 Å². The number of carbonyl (C=O) groups excluding carboxylic acids is 1. The Hall–Kier alpha value is -0.370. The maximum atomic E-state index is 10.4. The van der Waals surface area contributed by atoms with Crippen LogP contribution in [0.25, 0.3) is 0 Å². The molecule has 74 valence electrons. The lowest BCUT2D eigenvalue weighted by molar-refractivity contribution is -0.120. The van der Waals surface area contributed by atoms with E-state index < -0.39 is 15.9 Å². The number of nitrogens with two attached hydrogens (primary N) is 1. The van der Waals surface area contributed by atoms with Crippen molar-refractivity contribution in [2.24, 2.45) is 5.84 Å². The van der Waals surface area contributed by atoms with Gasteiger partial charge in [-0.3, -0.25) is 10.2 Å². The summed E-state index contributed by atoms with van der Waals surface area (Å²) in [6.45, 7) is 0.0713. The maximum absolute atomic E-state index is 10.4. The van der Waals surface area contributed by atoms with Crippen molar-refractivity contribution < 1.29 is 13.2 Å². The van der Waals surface area contributed by atoms with Crippen LogP contribution in [0.1, 0.15) is 6.42 Å². The summed E-state index contributed by atoms with van der Waals surface area (Å²) in [6.07, 6.45) is 1.07. The molecule has 0 atom stereocenters. The highest BCUT2D eigenvalue weighted by molar-refractivity contribution is 7.88. The number of sulfonamides is 1. The molecule has 0 aromatic rings. The zero-order valence-corrected chi connectivity index (χ0v) is 8.17. The summed E-state index contributed by atoms with van der Waals surface area (Å²) in [5, 5.41) is 0. The van der Waals surface area contributed by atoms with Crippen molar-refractivity contribution in [2.45, 2.75) is 6.42 Å². The summed E-state index contributed by atoms with van der Waals surface area (Å²) in [7, 11) is -3.20. The van der Waals surface area contributed by atoms with E-state index in [0.717, 1.165) is 6.26 Å². The third-order valence-electron chi connectivity index (χ3n) is 0.877. The maximum Gasteiger partial charge on any atom is 0.235 e. The average Bonchev–Trinajstić information content (AvgIpc) is 1.85. The summed E-state index contributed by atoms with van der Waals surface area (Å²) >= 11 is 0. The van der Waals surface area contributed by atoms with Crippen molar-refractivity contribution in [1.82, 2.24) is 10.1 Å². The second-order valence-corrected chi connectivity index (χ2v) is 3.82. The van der Waals surface area contributed by atoms with Crippen LogP contribution in [0.2, 0.25) is 0 Å². The Labute approximate surface area is 77.3 Å². The van der Waals surface area contributed by atoms with Crippen LogP contribution in [0.4, 0.5) is 0 Å². The Bertz CT molecular complexity index is 228. The van der Waals surface area contributed by atoms with Gasteiger partial charge in [0.15, 0.2) is 0 Å². The minimum absolute atomic E-state index is 0. The Morgan fingerprint density at radius 2 is 2.00 bits per heavy atom. The van der Waals surface area contributed by atoms with Gasteiger partial charge in [-0.15, -0.1) is 12.4 Å². The number of amides is 1. The van der Waals surface area contributed by atoms with Gasteiger partial charge in [0.05, 0.1) is 6.26 Å². The molecule has 0 aromatic heterocycles. The van der Waals surface area contributed by atoms with Crippen LogP contribution in [0.3, 0.4) is 0 Å². The van der Waals surface area contributed by atoms with Gasteiger partial charge >= 0.3 is 0 Å². The monoisotopic (exact) mass is 217 g/mol. The normalized spacial score (nSPS) is 10.2. The molecule has 6 nitrogen and oxygen atoms in total. The van der Waals surface area contributed by atoms with E-state index in [9.17, 15) is 13.2 Å². The molecule has 0 spiro atoms. The molecule has 0 bridgehead atoms. The molecule has 4 N–H and O–H groups in total. The van der Waals surface area contributed by atoms with Crippen LogP contribution in [-0.2, 0) is 14.8 Å². The zero-order valence-electron chi connectivity index (χ0n) is 6.53. The van der Waals surface area contributed by atoms with E-state index in [1.54, 1.807) is 0 Å². The fourth-order valence-electron chi connectivity index (χ4n) is 0.422. The summed E-state index contributed by atoms with van der Waals surface area (Å²) < 4.78 is 23.0.